The molecule has 1 unspecified atom stereocenters. The minimum atomic E-state index is 0.154. The van der Waals surface area contributed by atoms with Crippen molar-refractivity contribution in [2.45, 2.75) is 46.1 Å². The van der Waals surface area contributed by atoms with Gasteiger partial charge in [-0.2, -0.15) is 0 Å². The van der Waals surface area contributed by atoms with Crippen molar-refractivity contribution >= 4 is 11.5 Å². The molecule has 3 nitrogen and oxygen atoms in total. The van der Waals surface area contributed by atoms with Gasteiger partial charge in [0.25, 0.3) is 0 Å². The molecule has 2 aliphatic rings. The summed E-state index contributed by atoms with van der Waals surface area (Å²) in [6.07, 6.45) is 7.92. The molecule has 0 radical (unpaired) electrons. The van der Waals surface area contributed by atoms with Crippen molar-refractivity contribution < 1.29 is 9.84 Å². The van der Waals surface area contributed by atoms with Gasteiger partial charge in [-0.05, 0) is 54.5 Å². The molecule has 0 saturated carbocycles. The molecule has 0 spiro atoms. The second-order valence-corrected chi connectivity index (χ2v) is 6.73. The Hall–Kier alpha value is -2.65. The third-order valence-corrected chi connectivity index (χ3v) is 5.01. The van der Waals surface area contributed by atoms with Crippen LogP contribution in [0.15, 0.2) is 77.3 Å². The Balaban J connectivity index is 0.000000707. The lowest BCUT2D eigenvalue weighted by atomic mass is 10.0. The molecule has 1 atom stereocenters. The van der Waals surface area contributed by atoms with E-state index in [9.17, 15) is 0 Å². The average molecular weight is 392 g/mol. The Bertz CT molecular complexity index is 850. The number of hydrogen-bond acceptors (Lipinski definition) is 3. The molecule has 29 heavy (non-hydrogen) atoms. The van der Waals surface area contributed by atoms with Crippen LogP contribution >= 0.6 is 0 Å². The monoisotopic (exact) mass is 391 g/mol. The van der Waals surface area contributed by atoms with Gasteiger partial charge in [0, 0.05) is 12.7 Å². The molecule has 2 aromatic rings. The van der Waals surface area contributed by atoms with E-state index in [0.717, 1.165) is 37.8 Å². The van der Waals surface area contributed by atoms with Crippen LogP contribution < -0.4 is 0 Å². The van der Waals surface area contributed by atoms with Crippen molar-refractivity contribution in [3.63, 3.8) is 0 Å². The van der Waals surface area contributed by atoms with Gasteiger partial charge in [0.05, 0.1) is 0 Å². The second-order valence-electron chi connectivity index (χ2n) is 6.73. The Labute approximate surface area is 175 Å². The van der Waals surface area contributed by atoms with Gasteiger partial charge in [-0.15, -0.1) is 0 Å². The highest BCUT2D eigenvalue weighted by Gasteiger charge is 2.24. The largest absolute Gasteiger partial charge is 0.475 e. The van der Waals surface area contributed by atoms with Gasteiger partial charge in [0.1, 0.15) is 12.6 Å². The molecule has 4 rings (SSSR count). The van der Waals surface area contributed by atoms with E-state index in [-0.39, 0.29) is 6.04 Å². The van der Waals surface area contributed by atoms with E-state index in [4.69, 9.17) is 14.8 Å². The summed E-state index contributed by atoms with van der Waals surface area (Å²) in [7, 11) is 1.00. The van der Waals surface area contributed by atoms with Crippen molar-refractivity contribution in [3.8, 4) is 0 Å². The highest BCUT2D eigenvalue weighted by Crippen LogP contribution is 2.29. The maximum absolute atomic E-state index is 7.00. The number of aryl methyl sites for hydroxylation is 1. The van der Waals surface area contributed by atoms with E-state index < -0.39 is 0 Å². The van der Waals surface area contributed by atoms with Crippen LogP contribution in [-0.4, -0.2) is 30.8 Å². The zero-order valence-electron chi connectivity index (χ0n) is 18.1. The maximum Gasteiger partial charge on any atom is 0.217 e. The Kier molecular flexibility index (Phi) is 9.39. The lowest BCUT2D eigenvalue weighted by molar-refractivity contribution is 0.326. The molecule has 1 aliphatic heterocycles. The molecule has 1 aliphatic carbocycles. The summed E-state index contributed by atoms with van der Waals surface area (Å²) in [4.78, 5) is 4.88. The van der Waals surface area contributed by atoms with Gasteiger partial charge in [-0.25, -0.2) is 4.99 Å². The number of ether oxygens (including phenoxy) is 1. The summed E-state index contributed by atoms with van der Waals surface area (Å²) in [6.45, 7) is 6.76. The quantitative estimate of drug-likeness (QED) is 0.700. The molecule has 1 heterocycles. The molecule has 0 fully saturated rings. The fourth-order valence-corrected chi connectivity index (χ4v) is 3.55. The number of aliphatic hydroxyl groups excluding tert-OH is 1. The zero-order valence-corrected chi connectivity index (χ0v) is 18.1. The van der Waals surface area contributed by atoms with Crippen molar-refractivity contribution in [3.05, 3.63) is 89.0 Å². The minimum Gasteiger partial charge on any atom is -0.475 e. The van der Waals surface area contributed by atoms with E-state index in [2.05, 4.69) is 67.6 Å². The predicted octanol–water partition coefficient (Wildman–Crippen LogP) is 5.97. The lowest BCUT2D eigenvalue weighted by Gasteiger charge is -2.08. The second kappa shape index (κ2) is 12.0. The van der Waals surface area contributed by atoms with Gasteiger partial charge in [0.2, 0.25) is 5.90 Å². The van der Waals surface area contributed by atoms with Gasteiger partial charge < -0.3 is 9.84 Å². The summed E-state index contributed by atoms with van der Waals surface area (Å²) in [5, 5.41) is 7.00. The number of nitrogens with zero attached hydrogens (tertiary/aromatic N) is 1. The van der Waals surface area contributed by atoms with E-state index in [1.54, 1.807) is 0 Å². The first-order chi connectivity index (χ1) is 14.3. The molecule has 0 amide bonds. The molecule has 0 saturated heterocycles. The smallest absolute Gasteiger partial charge is 0.217 e. The first-order valence-electron chi connectivity index (χ1n) is 10.5. The van der Waals surface area contributed by atoms with Crippen LogP contribution in [0.4, 0.5) is 0 Å². The van der Waals surface area contributed by atoms with Crippen LogP contribution in [0.5, 0.6) is 0 Å². The Morgan fingerprint density at radius 3 is 2.31 bits per heavy atom. The first kappa shape index (κ1) is 22.6. The zero-order chi connectivity index (χ0) is 21.1. The maximum atomic E-state index is 7.00. The highest BCUT2D eigenvalue weighted by atomic mass is 16.5. The molecular weight excluding hydrogens is 358 g/mol. The van der Waals surface area contributed by atoms with Crippen molar-refractivity contribution in [2.75, 3.05) is 13.7 Å². The van der Waals surface area contributed by atoms with E-state index in [0.29, 0.717) is 6.61 Å². The van der Waals surface area contributed by atoms with E-state index in [1.165, 1.54) is 22.3 Å². The molecule has 1 N–H and O–H groups in total. The van der Waals surface area contributed by atoms with Crippen LogP contribution in [-0.2, 0) is 4.74 Å². The molecule has 3 heteroatoms. The molecule has 2 aromatic carbocycles. The number of aliphatic imine (C=N–C) groups is 1. The average Bonchev–Trinajstić information content (AvgIpc) is 3.15. The Morgan fingerprint density at radius 2 is 1.59 bits per heavy atom. The van der Waals surface area contributed by atoms with Crippen molar-refractivity contribution in [2.24, 2.45) is 4.99 Å². The SMILES string of the molecule is CC.CO.Cc1ccccc1C1=NC(C2=CC=C(c3ccccc3)CCC2)CO1. The summed E-state index contributed by atoms with van der Waals surface area (Å²) < 4.78 is 5.93. The van der Waals surface area contributed by atoms with Crippen LogP contribution in [0.3, 0.4) is 0 Å². The molecular formula is C26H33NO2. The predicted molar refractivity (Wildman–Crippen MR) is 123 cm³/mol. The Morgan fingerprint density at radius 1 is 0.897 bits per heavy atom. The van der Waals surface area contributed by atoms with Crippen LogP contribution in [0.2, 0.25) is 0 Å². The minimum absolute atomic E-state index is 0.154. The third kappa shape index (κ3) is 5.91. The first-order valence-corrected chi connectivity index (χ1v) is 10.5. The third-order valence-electron chi connectivity index (χ3n) is 5.01. The number of rotatable bonds is 3. The number of benzene rings is 2. The van der Waals surface area contributed by atoms with Gasteiger partial charge in [-0.3, -0.25) is 0 Å². The number of allylic oxidation sites excluding steroid dienone is 3. The van der Waals surface area contributed by atoms with Gasteiger partial charge >= 0.3 is 0 Å². The summed E-state index contributed by atoms with van der Waals surface area (Å²) >= 11 is 0. The summed E-state index contributed by atoms with van der Waals surface area (Å²) in [6, 6.07) is 19.1. The molecule has 0 aromatic heterocycles. The fourth-order valence-electron chi connectivity index (χ4n) is 3.55. The standard InChI is InChI=1S/C23H23NO.C2H6.CH4O/c1-17-8-5-6-13-21(17)23-24-22(16-25-23)20-12-7-11-19(14-15-20)18-9-3-2-4-10-18;2*1-2/h2-6,8-10,13-15,22H,7,11-12,16H2,1H3;1-2H3;2H,1H3. The van der Waals surface area contributed by atoms with Crippen LogP contribution in [0, 0.1) is 6.92 Å². The normalized spacial score (nSPS) is 17.8. The molecule has 0 bridgehead atoms. The van der Waals surface area contributed by atoms with E-state index >= 15 is 0 Å². The van der Waals surface area contributed by atoms with Crippen molar-refractivity contribution in [1.82, 2.24) is 0 Å². The van der Waals surface area contributed by atoms with Crippen LogP contribution in [0.1, 0.15) is 49.8 Å². The highest BCUT2D eigenvalue weighted by molar-refractivity contribution is 5.96. The summed E-state index contributed by atoms with van der Waals surface area (Å²) in [5.41, 5.74) is 6.45. The van der Waals surface area contributed by atoms with Crippen LogP contribution in [0.25, 0.3) is 5.57 Å². The summed E-state index contributed by atoms with van der Waals surface area (Å²) in [5.74, 6) is 0.792. The lowest BCUT2D eigenvalue weighted by Crippen LogP contribution is -2.09. The fraction of sp³-hybridized carbons (Fsp3) is 0.346. The van der Waals surface area contributed by atoms with E-state index in [1.807, 2.05) is 19.9 Å². The van der Waals surface area contributed by atoms with Gasteiger partial charge in [0.15, 0.2) is 0 Å². The molecule has 154 valence electrons. The number of aliphatic hydroxyl groups is 1. The van der Waals surface area contributed by atoms with Gasteiger partial charge in [-0.1, -0.05) is 74.5 Å². The van der Waals surface area contributed by atoms with Crippen molar-refractivity contribution in [1.29, 1.82) is 0 Å². The number of hydrogen-bond donors (Lipinski definition) is 1. The topological polar surface area (TPSA) is 41.8 Å².